The highest BCUT2D eigenvalue weighted by molar-refractivity contribution is 8.17. The third-order valence-corrected chi connectivity index (χ3v) is 4.60. The number of halogens is 3. The van der Waals surface area contributed by atoms with E-state index in [1.807, 2.05) is 13.8 Å². The molecule has 0 saturated carbocycles. The van der Waals surface area contributed by atoms with Gasteiger partial charge in [-0.25, -0.2) is 0 Å². The van der Waals surface area contributed by atoms with E-state index in [9.17, 15) is 13.2 Å². The molecule has 0 atom stereocenters. The minimum absolute atomic E-state index is 0.310. The van der Waals surface area contributed by atoms with Crippen molar-refractivity contribution in [2.75, 3.05) is 11.5 Å². The van der Waals surface area contributed by atoms with Gasteiger partial charge in [-0.3, -0.25) is 0 Å². The highest BCUT2D eigenvalue weighted by Gasteiger charge is 2.31. The van der Waals surface area contributed by atoms with E-state index in [2.05, 4.69) is 0 Å². The van der Waals surface area contributed by atoms with E-state index < -0.39 is 12.6 Å². The van der Waals surface area contributed by atoms with E-state index in [1.54, 1.807) is 0 Å². The number of alkyl halides is 3. The second kappa shape index (κ2) is 7.74. The molecule has 0 aromatic rings. The molecule has 0 aromatic carbocycles. The number of hydrogen-bond donors (Lipinski definition) is 0. The Kier molecular flexibility index (Phi) is 8.01. The molecule has 0 aliphatic rings. The van der Waals surface area contributed by atoms with Crippen molar-refractivity contribution >= 4 is 23.5 Å². The van der Waals surface area contributed by atoms with Gasteiger partial charge in [-0.05, 0) is 24.3 Å². The maximum absolute atomic E-state index is 12.1. The van der Waals surface area contributed by atoms with E-state index in [0.29, 0.717) is 0 Å². The Morgan fingerprint density at radius 1 is 1.00 bits per heavy atom. The van der Waals surface area contributed by atoms with Gasteiger partial charge < -0.3 is 0 Å². The molecule has 0 bridgehead atoms. The van der Waals surface area contributed by atoms with Crippen LogP contribution in [-0.4, -0.2) is 22.3 Å². The fourth-order valence-electron chi connectivity index (χ4n) is 0.854. The van der Waals surface area contributed by atoms with Gasteiger partial charge in [0, 0.05) is 0 Å². The molecule has 0 radical (unpaired) electrons. The van der Waals surface area contributed by atoms with Crippen molar-refractivity contribution in [3.63, 3.8) is 0 Å². The van der Waals surface area contributed by atoms with Crippen molar-refractivity contribution in [1.82, 2.24) is 0 Å². The van der Waals surface area contributed by atoms with Crippen molar-refractivity contribution < 1.29 is 13.2 Å². The predicted octanol–water partition coefficient (Wildman–Crippen LogP) is 4.55. The van der Waals surface area contributed by atoms with Crippen molar-refractivity contribution in [2.45, 2.75) is 43.9 Å². The highest BCUT2D eigenvalue weighted by atomic mass is 32.2. The summed E-state index contributed by atoms with van der Waals surface area (Å²) < 4.78 is 36.1. The fraction of sp³-hybridized carbons (Fsp3) is 1.00. The average Bonchev–Trinajstić information content (AvgIpc) is 2.07. The van der Waals surface area contributed by atoms with Crippen LogP contribution in [0.3, 0.4) is 0 Å². The van der Waals surface area contributed by atoms with Gasteiger partial charge >= 0.3 is 6.18 Å². The Bertz CT molecular complexity index is 129. The monoisotopic (exact) mass is 246 g/mol. The van der Waals surface area contributed by atoms with Crippen molar-refractivity contribution in [2.24, 2.45) is 0 Å². The van der Waals surface area contributed by atoms with Crippen LogP contribution in [0.25, 0.3) is 0 Å². The van der Waals surface area contributed by atoms with Crippen LogP contribution in [0.15, 0.2) is 0 Å². The zero-order valence-corrected chi connectivity index (χ0v) is 10.2. The smallest absolute Gasteiger partial charge is 0.171 e. The molecule has 0 N–H and O–H groups in total. The second-order valence-corrected chi connectivity index (χ2v) is 5.91. The lowest BCUT2D eigenvalue weighted by molar-refractivity contribution is -0.131. The normalized spacial score (nSPS) is 12.4. The van der Waals surface area contributed by atoms with E-state index >= 15 is 0 Å². The molecule has 0 aliphatic heterocycles. The molecule has 0 aliphatic carbocycles. The molecule has 14 heavy (non-hydrogen) atoms. The summed E-state index contributed by atoms with van der Waals surface area (Å²) in [7, 11) is 0. The SMILES string of the molecule is CCCSC(CC(F)(F)F)SCCC. The van der Waals surface area contributed by atoms with Gasteiger partial charge in [0.1, 0.15) is 0 Å². The van der Waals surface area contributed by atoms with Gasteiger partial charge in [-0.2, -0.15) is 13.2 Å². The minimum atomic E-state index is -4.02. The molecule has 0 rings (SSSR count). The first-order valence-corrected chi connectivity index (χ1v) is 6.89. The summed E-state index contributed by atoms with van der Waals surface area (Å²) in [5.41, 5.74) is 0. The van der Waals surface area contributed by atoms with Gasteiger partial charge in [0.2, 0.25) is 0 Å². The molecule has 0 heterocycles. The molecular weight excluding hydrogens is 229 g/mol. The summed E-state index contributed by atoms with van der Waals surface area (Å²) in [6, 6.07) is 0. The van der Waals surface area contributed by atoms with Gasteiger partial charge in [-0.15, -0.1) is 23.5 Å². The van der Waals surface area contributed by atoms with Crippen LogP contribution in [0.5, 0.6) is 0 Å². The van der Waals surface area contributed by atoms with Crippen molar-refractivity contribution in [3.05, 3.63) is 0 Å². The first-order chi connectivity index (χ1) is 6.49. The molecule has 86 valence electrons. The van der Waals surface area contributed by atoms with E-state index in [4.69, 9.17) is 0 Å². The van der Waals surface area contributed by atoms with Crippen LogP contribution in [-0.2, 0) is 0 Å². The fourth-order valence-corrected chi connectivity index (χ4v) is 3.43. The average molecular weight is 246 g/mol. The Morgan fingerprint density at radius 3 is 1.71 bits per heavy atom. The van der Waals surface area contributed by atoms with Crippen molar-refractivity contribution in [3.8, 4) is 0 Å². The van der Waals surface area contributed by atoms with Gasteiger partial charge in [0.15, 0.2) is 0 Å². The van der Waals surface area contributed by atoms with Gasteiger partial charge in [0.05, 0.1) is 11.0 Å². The first kappa shape index (κ1) is 14.5. The molecule has 0 aromatic heterocycles. The van der Waals surface area contributed by atoms with Gasteiger partial charge in [0.25, 0.3) is 0 Å². The molecule has 0 amide bonds. The standard InChI is InChI=1S/C9H17F3S2/c1-3-5-13-8(14-6-4-2)7-9(10,11)12/h8H,3-7H2,1-2H3. The zero-order chi connectivity index (χ0) is 11.0. The highest BCUT2D eigenvalue weighted by Crippen LogP contribution is 2.35. The number of hydrogen-bond acceptors (Lipinski definition) is 2. The number of rotatable bonds is 7. The lowest BCUT2D eigenvalue weighted by Crippen LogP contribution is -2.15. The Hall–Kier alpha value is 0.490. The van der Waals surface area contributed by atoms with E-state index in [0.717, 1.165) is 24.3 Å². The molecule has 0 spiro atoms. The summed E-state index contributed by atoms with van der Waals surface area (Å²) in [6.07, 6.45) is -2.81. The van der Waals surface area contributed by atoms with E-state index in [1.165, 1.54) is 23.5 Å². The second-order valence-electron chi connectivity index (χ2n) is 2.99. The Labute approximate surface area is 92.4 Å². The summed E-state index contributed by atoms with van der Waals surface area (Å²) in [4.78, 5) is 0. The zero-order valence-electron chi connectivity index (χ0n) is 8.56. The van der Waals surface area contributed by atoms with Gasteiger partial charge in [-0.1, -0.05) is 13.8 Å². The lowest BCUT2D eigenvalue weighted by atomic mass is 10.5. The molecule has 0 saturated heterocycles. The van der Waals surface area contributed by atoms with Crippen LogP contribution in [0.4, 0.5) is 13.2 Å². The van der Waals surface area contributed by atoms with Crippen LogP contribution < -0.4 is 0 Å². The van der Waals surface area contributed by atoms with Crippen LogP contribution >= 0.6 is 23.5 Å². The maximum atomic E-state index is 12.1. The maximum Gasteiger partial charge on any atom is 0.390 e. The molecular formula is C9H17F3S2. The van der Waals surface area contributed by atoms with E-state index in [-0.39, 0.29) is 4.58 Å². The first-order valence-electron chi connectivity index (χ1n) is 4.79. The molecule has 0 fully saturated rings. The largest absolute Gasteiger partial charge is 0.390 e. The summed E-state index contributed by atoms with van der Waals surface area (Å²) in [5, 5.41) is 0. The topological polar surface area (TPSA) is 0 Å². The van der Waals surface area contributed by atoms with Crippen molar-refractivity contribution in [1.29, 1.82) is 0 Å². The van der Waals surface area contributed by atoms with Crippen LogP contribution in [0.1, 0.15) is 33.1 Å². The third-order valence-electron chi connectivity index (χ3n) is 1.41. The minimum Gasteiger partial charge on any atom is -0.171 e. The van der Waals surface area contributed by atoms with Crippen LogP contribution in [0.2, 0.25) is 0 Å². The number of thioether (sulfide) groups is 2. The summed E-state index contributed by atoms with van der Waals surface area (Å²) in [6.45, 7) is 3.98. The molecule has 5 heteroatoms. The Morgan fingerprint density at radius 2 is 1.43 bits per heavy atom. The summed E-state index contributed by atoms with van der Waals surface area (Å²) in [5.74, 6) is 1.63. The summed E-state index contributed by atoms with van der Waals surface area (Å²) >= 11 is 2.86. The Balaban J connectivity index is 3.84. The van der Waals surface area contributed by atoms with Crippen LogP contribution in [0, 0.1) is 0 Å². The lowest BCUT2D eigenvalue weighted by Gasteiger charge is -2.17. The third kappa shape index (κ3) is 9.06. The molecule has 0 nitrogen and oxygen atoms in total. The molecule has 0 unspecified atom stereocenters. The predicted molar refractivity (Wildman–Crippen MR) is 60.0 cm³/mol. The quantitative estimate of drug-likeness (QED) is 0.604.